The molecule has 24 heavy (non-hydrogen) atoms. The number of carbonyl (C=O) groups is 1. The Morgan fingerprint density at radius 3 is 2.33 bits per heavy atom. The topological polar surface area (TPSA) is 50.2 Å². The quantitative estimate of drug-likeness (QED) is 0.620. The van der Waals surface area contributed by atoms with Crippen LogP contribution in [0.2, 0.25) is 0 Å². The molecule has 1 aromatic heterocycles. The first kappa shape index (κ1) is 16.7. The number of fused-ring (bicyclic) bond motifs is 1. The number of hydrogen-bond acceptors (Lipinski definition) is 2. The number of halogens is 1. The minimum atomic E-state index is -0.951. The molecule has 0 saturated carbocycles. The van der Waals surface area contributed by atoms with Gasteiger partial charge in [-0.3, -0.25) is 0 Å². The van der Waals surface area contributed by atoms with Gasteiger partial charge in [0.25, 0.3) is 0 Å². The van der Waals surface area contributed by atoms with E-state index in [4.69, 9.17) is 0 Å². The van der Waals surface area contributed by atoms with Gasteiger partial charge in [0.2, 0.25) is 0 Å². The van der Waals surface area contributed by atoms with Crippen LogP contribution >= 0.6 is 15.9 Å². The van der Waals surface area contributed by atoms with Crippen molar-refractivity contribution in [1.29, 1.82) is 0 Å². The van der Waals surface area contributed by atoms with Crippen molar-refractivity contribution < 1.29 is 9.90 Å². The van der Waals surface area contributed by atoms with Gasteiger partial charge in [-0.25, -0.2) is 9.78 Å². The first-order valence-corrected chi connectivity index (χ1v) is 8.50. The van der Waals surface area contributed by atoms with E-state index in [9.17, 15) is 9.90 Å². The Balaban J connectivity index is 2.20. The highest BCUT2D eigenvalue weighted by Gasteiger charge is 2.16. The van der Waals surface area contributed by atoms with E-state index in [1.165, 1.54) is 5.56 Å². The summed E-state index contributed by atoms with van der Waals surface area (Å²) in [7, 11) is 0. The summed E-state index contributed by atoms with van der Waals surface area (Å²) in [6.07, 6.45) is 0. The average molecular weight is 384 g/mol. The van der Waals surface area contributed by atoms with Crippen LogP contribution < -0.4 is 0 Å². The van der Waals surface area contributed by atoms with Crippen molar-refractivity contribution in [3.8, 4) is 11.3 Å². The molecule has 3 nitrogen and oxygen atoms in total. The SMILES string of the molecule is CC(C)(C)c1ccc(-c2cc(C(=O)O)c3cccc(Br)c3n2)cc1. The molecule has 0 bridgehead atoms. The van der Waals surface area contributed by atoms with Gasteiger partial charge in [-0.15, -0.1) is 0 Å². The molecule has 0 aliphatic carbocycles. The van der Waals surface area contributed by atoms with Crippen molar-refractivity contribution in [2.45, 2.75) is 26.2 Å². The Morgan fingerprint density at radius 2 is 1.75 bits per heavy atom. The maximum atomic E-state index is 11.7. The molecule has 3 aromatic rings. The summed E-state index contributed by atoms with van der Waals surface area (Å²) >= 11 is 3.47. The van der Waals surface area contributed by atoms with E-state index < -0.39 is 5.97 Å². The molecule has 122 valence electrons. The van der Waals surface area contributed by atoms with Gasteiger partial charge in [0.1, 0.15) is 0 Å². The third kappa shape index (κ3) is 3.06. The van der Waals surface area contributed by atoms with Gasteiger partial charge in [0.15, 0.2) is 0 Å². The normalized spacial score (nSPS) is 11.7. The zero-order valence-electron chi connectivity index (χ0n) is 13.8. The van der Waals surface area contributed by atoms with E-state index in [1.54, 1.807) is 12.1 Å². The molecular formula is C20H18BrNO2. The highest BCUT2D eigenvalue weighted by Crippen LogP contribution is 2.30. The van der Waals surface area contributed by atoms with E-state index in [-0.39, 0.29) is 11.0 Å². The van der Waals surface area contributed by atoms with Gasteiger partial charge < -0.3 is 5.11 Å². The molecule has 2 aromatic carbocycles. The Morgan fingerprint density at radius 1 is 1.08 bits per heavy atom. The molecule has 3 rings (SSSR count). The number of para-hydroxylation sites is 1. The van der Waals surface area contributed by atoms with E-state index in [2.05, 4.69) is 53.8 Å². The molecule has 0 spiro atoms. The second-order valence-electron chi connectivity index (χ2n) is 6.82. The molecular weight excluding hydrogens is 366 g/mol. The Bertz CT molecular complexity index is 925. The van der Waals surface area contributed by atoms with Crippen molar-refractivity contribution in [2.75, 3.05) is 0 Å². The summed E-state index contributed by atoms with van der Waals surface area (Å²) < 4.78 is 0.788. The number of carboxylic acid groups (broad SMARTS) is 1. The lowest BCUT2D eigenvalue weighted by atomic mass is 9.86. The summed E-state index contributed by atoms with van der Waals surface area (Å²) in [5.41, 5.74) is 3.79. The molecule has 0 aliphatic rings. The van der Waals surface area contributed by atoms with Crippen LogP contribution in [0.3, 0.4) is 0 Å². The molecule has 1 heterocycles. The predicted molar refractivity (Wildman–Crippen MR) is 101 cm³/mol. The van der Waals surface area contributed by atoms with Crippen molar-refractivity contribution in [3.05, 3.63) is 64.1 Å². The highest BCUT2D eigenvalue weighted by molar-refractivity contribution is 9.10. The minimum Gasteiger partial charge on any atom is -0.478 e. The molecule has 0 aliphatic heterocycles. The van der Waals surface area contributed by atoms with E-state index in [1.807, 2.05) is 24.3 Å². The van der Waals surface area contributed by atoms with Crippen LogP contribution in [0.5, 0.6) is 0 Å². The second kappa shape index (κ2) is 6.02. The fourth-order valence-corrected chi connectivity index (χ4v) is 3.13. The van der Waals surface area contributed by atoms with Gasteiger partial charge >= 0.3 is 5.97 Å². The predicted octanol–water partition coefficient (Wildman–Crippen LogP) is 5.66. The standard InChI is InChI=1S/C20H18BrNO2/c1-20(2,3)13-9-7-12(8-10-13)17-11-15(19(23)24)14-5-4-6-16(21)18(14)22-17/h4-11H,1-3H3,(H,23,24). The van der Waals surface area contributed by atoms with Gasteiger partial charge in [-0.05, 0) is 39.0 Å². The maximum Gasteiger partial charge on any atom is 0.336 e. The lowest BCUT2D eigenvalue weighted by molar-refractivity contribution is 0.0699. The zero-order valence-corrected chi connectivity index (χ0v) is 15.4. The molecule has 0 amide bonds. The Kier molecular flexibility index (Phi) is 4.18. The van der Waals surface area contributed by atoms with Crippen LogP contribution in [-0.2, 0) is 5.41 Å². The molecule has 0 atom stereocenters. The number of carboxylic acids is 1. The first-order valence-electron chi connectivity index (χ1n) is 7.71. The number of pyridine rings is 1. The fourth-order valence-electron chi connectivity index (χ4n) is 2.68. The summed E-state index contributed by atoms with van der Waals surface area (Å²) in [6, 6.07) is 15.2. The summed E-state index contributed by atoms with van der Waals surface area (Å²) in [5, 5.41) is 10.2. The van der Waals surface area contributed by atoms with Crippen molar-refractivity contribution in [1.82, 2.24) is 4.98 Å². The number of hydrogen-bond donors (Lipinski definition) is 1. The molecule has 0 saturated heterocycles. The largest absolute Gasteiger partial charge is 0.478 e. The van der Waals surface area contributed by atoms with Crippen molar-refractivity contribution >= 4 is 32.8 Å². The van der Waals surface area contributed by atoms with Gasteiger partial charge in [-0.1, -0.05) is 57.2 Å². The number of benzene rings is 2. The highest BCUT2D eigenvalue weighted by atomic mass is 79.9. The molecule has 4 heteroatoms. The van der Waals surface area contributed by atoms with E-state index in [0.29, 0.717) is 16.6 Å². The molecule has 1 N–H and O–H groups in total. The Labute approximate surface area is 149 Å². The average Bonchev–Trinajstić information content (AvgIpc) is 2.53. The fraction of sp³-hybridized carbons (Fsp3) is 0.200. The smallest absolute Gasteiger partial charge is 0.336 e. The molecule has 0 fully saturated rings. The van der Waals surface area contributed by atoms with E-state index >= 15 is 0 Å². The maximum absolute atomic E-state index is 11.7. The minimum absolute atomic E-state index is 0.0740. The van der Waals surface area contributed by atoms with Crippen LogP contribution in [0.1, 0.15) is 36.7 Å². The molecule has 0 radical (unpaired) electrons. The van der Waals surface area contributed by atoms with Gasteiger partial charge in [0.05, 0.1) is 16.8 Å². The third-order valence-electron chi connectivity index (χ3n) is 4.07. The third-order valence-corrected chi connectivity index (χ3v) is 4.71. The summed E-state index contributed by atoms with van der Waals surface area (Å²) in [5.74, 6) is -0.951. The number of aromatic carboxylic acids is 1. The van der Waals surface area contributed by atoms with Crippen LogP contribution in [-0.4, -0.2) is 16.1 Å². The number of aromatic nitrogens is 1. The monoisotopic (exact) mass is 383 g/mol. The Hall–Kier alpha value is -2.20. The number of rotatable bonds is 2. The molecule has 0 unspecified atom stereocenters. The van der Waals surface area contributed by atoms with Gasteiger partial charge in [-0.2, -0.15) is 0 Å². The van der Waals surface area contributed by atoms with Crippen molar-refractivity contribution in [3.63, 3.8) is 0 Å². The van der Waals surface area contributed by atoms with Crippen molar-refractivity contribution in [2.24, 2.45) is 0 Å². The lowest BCUT2D eigenvalue weighted by Gasteiger charge is -2.19. The first-order chi connectivity index (χ1) is 11.3. The number of nitrogens with zero attached hydrogens (tertiary/aromatic N) is 1. The van der Waals surface area contributed by atoms with Crippen LogP contribution in [0, 0.1) is 0 Å². The van der Waals surface area contributed by atoms with E-state index in [0.717, 1.165) is 10.0 Å². The van der Waals surface area contributed by atoms with Crippen LogP contribution in [0.25, 0.3) is 22.2 Å². The summed E-state index contributed by atoms with van der Waals surface area (Å²) in [6.45, 7) is 6.49. The zero-order chi connectivity index (χ0) is 17.5. The van der Waals surface area contributed by atoms with Crippen LogP contribution in [0.15, 0.2) is 53.0 Å². The lowest BCUT2D eigenvalue weighted by Crippen LogP contribution is -2.10. The van der Waals surface area contributed by atoms with Crippen LogP contribution in [0.4, 0.5) is 0 Å². The second-order valence-corrected chi connectivity index (χ2v) is 7.68. The van der Waals surface area contributed by atoms with Gasteiger partial charge in [0, 0.05) is 15.4 Å². The summed E-state index contributed by atoms with van der Waals surface area (Å²) in [4.78, 5) is 16.3.